The first-order chi connectivity index (χ1) is 3.79. The van der Waals surface area contributed by atoms with Crippen molar-refractivity contribution >= 4 is 11.9 Å². The number of urea groups is 1. The maximum absolute atomic E-state index is 10.5. The fourth-order valence-corrected chi connectivity index (χ4v) is 0.849. The van der Waals surface area contributed by atoms with Crippen LogP contribution in [0.3, 0.4) is 0 Å². The molecule has 2 aliphatic rings. The fourth-order valence-electron chi connectivity index (χ4n) is 0.849. The Morgan fingerprint density at radius 2 is 2.38 bits per heavy atom. The molecule has 0 bridgehead atoms. The van der Waals surface area contributed by atoms with E-state index in [9.17, 15) is 9.59 Å². The molecule has 0 aromatic heterocycles. The second-order valence-electron chi connectivity index (χ2n) is 1.96. The van der Waals surface area contributed by atoms with E-state index < -0.39 is 0 Å². The van der Waals surface area contributed by atoms with Gasteiger partial charge in [0, 0.05) is 0 Å². The highest BCUT2D eigenvalue weighted by molar-refractivity contribution is 6.08. The number of rotatable bonds is 0. The summed E-state index contributed by atoms with van der Waals surface area (Å²) in [7, 11) is 0. The molecule has 1 N–H and O–H groups in total. The van der Waals surface area contributed by atoms with Crippen molar-refractivity contribution in [1.82, 2.24) is 10.2 Å². The molecule has 1 atom stereocenters. The summed E-state index contributed by atoms with van der Waals surface area (Å²) in [6.45, 7) is 0.630. The van der Waals surface area contributed by atoms with Gasteiger partial charge in [-0.15, -0.1) is 0 Å². The molecule has 0 spiro atoms. The van der Waals surface area contributed by atoms with Crippen molar-refractivity contribution in [2.24, 2.45) is 0 Å². The lowest BCUT2D eigenvalue weighted by Gasteiger charge is -1.88. The predicted molar refractivity (Wildman–Crippen MR) is 24.0 cm³/mol. The first-order valence-corrected chi connectivity index (χ1v) is 2.40. The van der Waals surface area contributed by atoms with Crippen molar-refractivity contribution in [2.45, 2.75) is 6.04 Å². The van der Waals surface area contributed by atoms with Crippen LogP contribution in [0.2, 0.25) is 0 Å². The lowest BCUT2D eigenvalue weighted by molar-refractivity contribution is -0.118. The van der Waals surface area contributed by atoms with Gasteiger partial charge in [-0.2, -0.15) is 0 Å². The summed E-state index contributed by atoms with van der Waals surface area (Å²) in [4.78, 5) is 22.4. The summed E-state index contributed by atoms with van der Waals surface area (Å²) in [5, 5.41) is 2.16. The average molecular weight is 112 g/mol. The van der Waals surface area contributed by atoms with Crippen molar-refractivity contribution in [3.05, 3.63) is 0 Å². The summed E-state index contributed by atoms with van der Waals surface area (Å²) in [5.41, 5.74) is 0. The minimum absolute atomic E-state index is 0.109. The molecule has 0 radical (unpaired) electrons. The van der Waals surface area contributed by atoms with Gasteiger partial charge < -0.3 is 4.90 Å². The Morgan fingerprint density at radius 3 is 2.50 bits per heavy atom. The zero-order valence-electron chi connectivity index (χ0n) is 4.05. The highest BCUT2D eigenvalue weighted by atomic mass is 16.2. The van der Waals surface area contributed by atoms with E-state index >= 15 is 0 Å². The summed E-state index contributed by atoms with van der Waals surface area (Å²) in [5.74, 6) is -0.144. The van der Waals surface area contributed by atoms with Crippen LogP contribution in [0.25, 0.3) is 0 Å². The number of carbonyl (C=O) groups is 2. The van der Waals surface area contributed by atoms with Crippen LogP contribution < -0.4 is 5.32 Å². The standard InChI is InChI=1S/C4H4N2O2/c7-3-2-1-6(2)4(8)5-3/h2H,1H2,(H,5,7,8). The molecular formula is C4H4N2O2. The van der Waals surface area contributed by atoms with Crippen molar-refractivity contribution in [3.63, 3.8) is 0 Å². The van der Waals surface area contributed by atoms with Gasteiger partial charge >= 0.3 is 6.03 Å². The molecule has 1 unspecified atom stereocenters. The molecule has 0 aromatic carbocycles. The fraction of sp³-hybridized carbons (Fsp3) is 0.500. The Kier molecular flexibility index (Phi) is 0.420. The quantitative estimate of drug-likeness (QED) is 0.320. The van der Waals surface area contributed by atoms with Gasteiger partial charge in [0.2, 0.25) is 0 Å². The van der Waals surface area contributed by atoms with Crippen molar-refractivity contribution in [3.8, 4) is 0 Å². The van der Waals surface area contributed by atoms with E-state index in [0.29, 0.717) is 6.54 Å². The van der Waals surface area contributed by atoms with Gasteiger partial charge in [0.25, 0.3) is 5.91 Å². The summed E-state index contributed by atoms with van der Waals surface area (Å²) in [6.07, 6.45) is 0. The number of hydrogen-bond donors (Lipinski definition) is 1. The number of imide groups is 1. The number of nitrogens with zero attached hydrogens (tertiary/aromatic N) is 1. The second kappa shape index (κ2) is 0.866. The molecule has 2 rings (SSSR count). The Bertz CT molecular complexity index is 159. The maximum atomic E-state index is 10.5. The van der Waals surface area contributed by atoms with Crippen molar-refractivity contribution in [1.29, 1.82) is 0 Å². The van der Waals surface area contributed by atoms with E-state index in [-0.39, 0.29) is 18.0 Å². The van der Waals surface area contributed by atoms with E-state index in [0.717, 1.165) is 0 Å². The number of carbonyl (C=O) groups excluding carboxylic acids is 2. The number of fused-ring (bicyclic) bond motifs is 1. The maximum Gasteiger partial charge on any atom is 0.324 e. The molecule has 2 saturated heterocycles. The monoisotopic (exact) mass is 112 g/mol. The van der Waals surface area contributed by atoms with Crippen LogP contribution in [-0.4, -0.2) is 29.4 Å². The second-order valence-corrected chi connectivity index (χ2v) is 1.96. The molecule has 4 heteroatoms. The molecule has 8 heavy (non-hydrogen) atoms. The third-order valence-electron chi connectivity index (χ3n) is 1.41. The van der Waals surface area contributed by atoms with E-state index in [1.54, 1.807) is 0 Å². The topological polar surface area (TPSA) is 49.2 Å². The normalized spacial score (nSPS) is 32.5. The van der Waals surface area contributed by atoms with Crippen LogP contribution in [0.5, 0.6) is 0 Å². The van der Waals surface area contributed by atoms with Crippen LogP contribution in [-0.2, 0) is 4.79 Å². The largest absolute Gasteiger partial charge is 0.324 e. The zero-order valence-corrected chi connectivity index (χ0v) is 4.05. The SMILES string of the molecule is O=C1NC(=O)N2CC12. The van der Waals surface area contributed by atoms with Crippen LogP contribution in [0.1, 0.15) is 0 Å². The molecule has 4 nitrogen and oxygen atoms in total. The van der Waals surface area contributed by atoms with Gasteiger partial charge in [-0.3, -0.25) is 10.1 Å². The number of nitrogens with one attached hydrogen (secondary N) is 1. The van der Waals surface area contributed by atoms with E-state index in [1.807, 2.05) is 0 Å². The summed E-state index contributed by atoms with van der Waals surface area (Å²) < 4.78 is 0. The van der Waals surface area contributed by atoms with Crippen molar-refractivity contribution < 1.29 is 9.59 Å². The van der Waals surface area contributed by atoms with E-state index in [2.05, 4.69) is 5.32 Å². The van der Waals surface area contributed by atoms with Gasteiger partial charge in [-0.05, 0) is 0 Å². The third-order valence-corrected chi connectivity index (χ3v) is 1.41. The molecule has 0 saturated carbocycles. The van der Waals surface area contributed by atoms with E-state index in [1.165, 1.54) is 4.90 Å². The average Bonchev–Trinajstić information content (AvgIpc) is 2.35. The number of hydrogen-bond acceptors (Lipinski definition) is 2. The minimum atomic E-state index is -0.236. The van der Waals surface area contributed by atoms with Gasteiger partial charge in [0.15, 0.2) is 0 Å². The Morgan fingerprint density at radius 1 is 1.62 bits per heavy atom. The van der Waals surface area contributed by atoms with Crippen molar-refractivity contribution in [2.75, 3.05) is 6.54 Å². The molecule has 0 aromatic rings. The first-order valence-electron chi connectivity index (χ1n) is 2.40. The molecular weight excluding hydrogens is 108 g/mol. The smallest absolute Gasteiger partial charge is 0.308 e. The molecule has 2 fully saturated rings. The summed E-state index contributed by atoms with van der Waals surface area (Å²) >= 11 is 0. The highest BCUT2D eigenvalue weighted by Crippen LogP contribution is 2.21. The minimum Gasteiger partial charge on any atom is -0.308 e. The Balaban J connectivity index is 2.31. The summed E-state index contributed by atoms with van der Waals surface area (Å²) in [6, 6.07) is -0.345. The Hall–Kier alpha value is -1.06. The predicted octanol–water partition coefficient (Wildman–Crippen LogP) is -1.08. The molecule has 0 aliphatic carbocycles. The molecule has 2 aliphatic heterocycles. The number of amides is 3. The lowest BCUT2D eigenvalue weighted by atomic mass is 10.5. The van der Waals surface area contributed by atoms with Crippen LogP contribution >= 0.6 is 0 Å². The van der Waals surface area contributed by atoms with Gasteiger partial charge in [0.05, 0.1) is 6.54 Å². The van der Waals surface area contributed by atoms with Gasteiger partial charge in [0.1, 0.15) is 6.04 Å². The highest BCUT2D eigenvalue weighted by Gasteiger charge is 2.51. The molecule has 2 heterocycles. The van der Waals surface area contributed by atoms with Crippen LogP contribution in [0.15, 0.2) is 0 Å². The van der Waals surface area contributed by atoms with Gasteiger partial charge in [-0.1, -0.05) is 0 Å². The van der Waals surface area contributed by atoms with Gasteiger partial charge in [-0.25, -0.2) is 4.79 Å². The third kappa shape index (κ3) is 0.267. The molecule has 42 valence electrons. The van der Waals surface area contributed by atoms with E-state index in [4.69, 9.17) is 0 Å². The van der Waals surface area contributed by atoms with Crippen LogP contribution in [0.4, 0.5) is 4.79 Å². The lowest BCUT2D eigenvalue weighted by Crippen LogP contribution is -2.26. The molecule has 3 amide bonds. The first kappa shape index (κ1) is 3.88. The zero-order chi connectivity index (χ0) is 5.72. The van der Waals surface area contributed by atoms with Crippen LogP contribution in [0, 0.1) is 0 Å². The Labute approximate surface area is 45.5 Å².